The number of carboxylic acid groups (broad SMARTS) is 1. The highest BCUT2D eigenvalue weighted by atomic mass is 16.5. The number of ketones is 2. The van der Waals surface area contributed by atoms with Gasteiger partial charge in [-0.25, -0.2) is 0 Å². The molecule has 54 heavy (non-hydrogen) atoms. The topological polar surface area (TPSA) is 97.7 Å². The van der Waals surface area contributed by atoms with E-state index in [0.29, 0.717) is 30.6 Å². The highest BCUT2D eigenvalue weighted by Gasteiger charge is 2.70. The molecule has 4 fully saturated rings. The largest absolute Gasteiger partial charge is 0.481 e. The summed E-state index contributed by atoms with van der Waals surface area (Å²) < 4.78 is 6.17. The van der Waals surface area contributed by atoms with Gasteiger partial charge in [0.15, 0.2) is 11.6 Å². The monoisotopic (exact) mass is 741 g/mol. The molecule has 9 atom stereocenters. The van der Waals surface area contributed by atoms with Gasteiger partial charge in [-0.3, -0.25) is 19.2 Å². The summed E-state index contributed by atoms with van der Waals surface area (Å²) in [5, 5.41) is 9.62. The number of carbonyl (C=O) groups is 4. The lowest BCUT2D eigenvalue weighted by molar-refractivity contribution is -0.232. The van der Waals surface area contributed by atoms with Crippen molar-refractivity contribution in [2.24, 2.45) is 56.2 Å². The maximum atomic E-state index is 14.1. The Kier molecular flexibility index (Phi) is 10.4. The molecule has 0 spiro atoms. The van der Waals surface area contributed by atoms with Gasteiger partial charge in [-0.1, -0.05) is 91.3 Å². The fraction of sp³-hybridized carbons (Fsp3) is 0.708. The summed E-state index contributed by atoms with van der Waals surface area (Å²) in [7, 11) is 0. The average Bonchev–Trinajstić information content (AvgIpc) is 3.37. The molecule has 0 radical (unpaired) electrons. The first kappa shape index (κ1) is 40.6. The molecule has 0 bridgehead atoms. The van der Waals surface area contributed by atoms with Crippen molar-refractivity contribution in [3.63, 3.8) is 0 Å². The van der Waals surface area contributed by atoms with Crippen LogP contribution in [0.1, 0.15) is 157 Å². The Hall–Kier alpha value is -3.02. The zero-order valence-electron chi connectivity index (χ0n) is 35.2. The van der Waals surface area contributed by atoms with Gasteiger partial charge in [0.1, 0.15) is 6.10 Å². The molecule has 5 aliphatic rings. The van der Waals surface area contributed by atoms with Gasteiger partial charge in [0, 0.05) is 23.7 Å². The van der Waals surface area contributed by atoms with Crippen LogP contribution in [0, 0.1) is 63.1 Å². The first-order valence-electron chi connectivity index (χ1n) is 21.0. The van der Waals surface area contributed by atoms with Gasteiger partial charge in [-0.05, 0) is 141 Å². The van der Waals surface area contributed by atoms with Crippen molar-refractivity contribution in [3.05, 3.63) is 58.7 Å². The lowest BCUT2D eigenvalue weighted by Gasteiger charge is -2.72. The molecule has 1 aromatic carbocycles. The van der Waals surface area contributed by atoms with Crippen LogP contribution >= 0.6 is 0 Å². The second kappa shape index (κ2) is 13.9. The number of fused-ring (bicyclic) bond motifs is 7. The Morgan fingerprint density at radius 1 is 0.926 bits per heavy atom. The summed E-state index contributed by atoms with van der Waals surface area (Å²) in [6, 6.07) is 8.43. The molecule has 0 heterocycles. The highest BCUT2D eigenvalue weighted by Crippen LogP contribution is 2.77. The summed E-state index contributed by atoms with van der Waals surface area (Å²) in [6.07, 6.45) is 12.6. The molecular formula is C48H68O6. The SMILES string of the molecule is Cc1cccc([C@@H](C)CC(=O)/C=C/[C@@]23CC[C@]4(C)[C@H](CC[C@@H]5[C@@]6(C)CC[C@H](OC(=O)CC(C)(C)C(=O)O)C(C)(C)[C@@H]6CC[C@]54C)C2=C(C(C)C)C(=O)C3)c1. The lowest BCUT2D eigenvalue weighted by atomic mass is 9.33. The Balaban J connectivity index is 1.26. The molecule has 5 aliphatic carbocycles. The van der Waals surface area contributed by atoms with E-state index in [1.165, 1.54) is 16.7 Å². The maximum Gasteiger partial charge on any atom is 0.309 e. The van der Waals surface area contributed by atoms with E-state index in [1.807, 2.05) is 6.08 Å². The van der Waals surface area contributed by atoms with E-state index in [1.54, 1.807) is 13.8 Å². The van der Waals surface area contributed by atoms with E-state index in [9.17, 15) is 24.3 Å². The molecule has 0 unspecified atom stereocenters. The number of benzene rings is 1. The molecule has 0 saturated heterocycles. The summed E-state index contributed by atoms with van der Waals surface area (Å²) in [6.45, 7) is 23.9. The minimum atomic E-state index is -1.16. The van der Waals surface area contributed by atoms with E-state index >= 15 is 0 Å². The molecule has 0 aromatic heterocycles. The number of Topliss-reactive ketones (excluding diaryl/α,β-unsaturated/α-hetero) is 1. The summed E-state index contributed by atoms with van der Waals surface area (Å²) in [5.74, 6) is 0.443. The number of rotatable bonds is 10. The van der Waals surface area contributed by atoms with Crippen molar-refractivity contribution in [1.82, 2.24) is 0 Å². The van der Waals surface area contributed by atoms with Crippen LogP contribution in [0.2, 0.25) is 0 Å². The Morgan fingerprint density at radius 2 is 1.63 bits per heavy atom. The number of allylic oxidation sites excluding steroid dienone is 4. The normalized spacial score (nSPS) is 36.6. The van der Waals surface area contributed by atoms with Crippen molar-refractivity contribution in [2.45, 2.75) is 159 Å². The van der Waals surface area contributed by atoms with Crippen molar-refractivity contribution in [1.29, 1.82) is 0 Å². The zero-order valence-corrected chi connectivity index (χ0v) is 35.2. The Morgan fingerprint density at radius 3 is 2.28 bits per heavy atom. The lowest BCUT2D eigenvalue weighted by Crippen LogP contribution is -2.65. The molecular weight excluding hydrogens is 673 g/mol. The number of hydrogen-bond acceptors (Lipinski definition) is 5. The van der Waals surface area contributed by atoms with E-state index < -0.39 is 17.4 Å². The first-order valence-corrected chi connectivity index (χ1v) is 21.0. The van der Waals surface area contributed by atoms with Crippen LogP contribution in [0.25, 0.3) is 0 Å². The van der Waals surface area contributed by atoms with Crippen molar-refractivity contribution < 1.29 is 29.0 Å². The molecule has 6 rings (SSSR count). The molecule has 6 nitrogen and oxygen atoms in total. The van der Waals surface area contributed by atoms with Crippen LogP contribution in [0.15, 0.2) is 47.6 Å². The number of esters is 1. The van der Waals surface area contributed by atoms with Gasteiger partial charge in [0.05, 0.1) is 11.8 Å². The predicted octanol–water partition coefficient (Wildman–Crippen LogP) is 11.0. The van der Waals surface area contributed by atoms with Gasteiger partial charge < -0.3 is 9.84 Å². The van der Waals surface area contributed by atoms with E-state index in [2.05, 4.69) is 92.7 Å². The fourth-order valence-electron chi connectivity index (χ4n) is 13.4. The number of carboxylic acids is 1. The van der Waals surface area contributed by atoms with E-state index in [-0.39, 0.29) is 63.0 Å². The number of carbonyl (C=O) groups excluding carboxylic acids is 3. The van der Waals surface area contributed by atoms with Crippen molar-refractivity contribution in [2.75, 3.05) is 0 Å². The van der Waals surface area contributed by atoms with Crippen LogP contribution in [0.3, 0.4) is 0 Å². The molecule has 0 amide bonds. The third-order valence-electron chi connectivity index (χ3n) is 16.6. The Labute approximate surface area is 325 Å². The van der Waals surface area contributed by atoms with Gasteiger partial charge >= 0.3 is 11.9 Å². The zero-order chi connectivity index (χ0) is 39.8. The predicted molar refractivity (Wildman–Crippen MR) is 214 cm³/mol. The summed E-state index contributed by atoms with van der Waals surface area (Å²) in [5.41, 5.74) is 3.16. The Bertz CT molecular complexity index is 1760. The fourth-order valence-corrected chi connectivity index (χ4v) is 13.4. The second-order valence-electron chi connectivity index (χ2n) is 20.9. The first-order chi connectivity index (χ1) is 25.0. The number of aliphatic carboxylic acids is 1. The molecule has 0 aliphatic heterocycles. The number of hydrogen-bond donors (Lipinski definition) is 1. The van der Waals surface area contributed by atoms with Crippen molar-refractivity contribution in [3.8, 4) is 0 Å². The molecule has 296 valence electrons. The quantitative estimate of drug-likeness (QED) is 0.189. The average molecular weight is 741 g/mol. The van der Waals surface area contributed by atoms with Gasteiger partial charge in [-0.15, -0.1) is 0 Å². The minimum absolute atomic E-state index is 0.0148. The van der Waals surface area contributed by atoms with Gasteiger partial charge in [0.25, 0.3) is 0 Å². The van der Waals surface area contributed by atoms with Crippen LogP contribution in [0.4, 0.5) is 0 Å². The van der Waals surface area contributed by atoms with Crippen LogP contribution in [-0.2, 0) is 23.9 Å². The number of aryl methyl sites for hydroxylation is 1. The third-order valence-corrected chi connectivity index (χ3v) is 16.6. The van der Waals surface area contributed by atoms with Crippen LogP contribution in [0.5, 0.6) is 0 Å². The second-order valence-corrected chi connectivity index (χ2v) is 20.9. The molecule has 1 aromatic rings. The standard InChI is InChI=1S/C48H68O6/c1-29(2)40-35(50)27-48(22-17-33(49)26-31(4)32-14-12-13-30(3)25-32)24-23-46(10)34(41(40)48)15-16-37-45(9)20-19-38(54-39(51)28-43(5,6)42(52)53)44(7,8)36(45)18-21-47(37,46)11/h12-14,17,22,25,29,31,34,36-38H,15-16,18-21,23-24,26-28H2,1-11H3,(H,52,53)/b22-17+/t31-,34+,36-,37+,38-,45-,46+,47+,48-/m0/s1. The number of ether oxygens (including phenoxy) is 1. The minimum Gasteiger partial charge on any atom is -0.481 e. The smallest absolute Gasteiger partial charge is 0.309 e. The van der Waals surface area contributed by atoms with Gasteiger partial charge in [0.2, 0.25) is 0 Å². The molecule has 6 heteroatoms. The molecule has 4 saturated carbocycles. The summed E-state index contributed by atoms with van der Waals surface area (Å²) >= 11 is 0. The third kappa shape index (κ3) is 6.47. The highest BCUT2D eigenvalue weighted by molar-refractivity contribution is 6.01. The summed E-state index contributed by atoms with van der Waals surface area (Å²) in [4.78, 5) is 52.5. The maximum absolute atomic E-state index is 14.1. The van der Waals surface area contributed by atoms with E-state index in [0.717, 1.165) is 56.9 Å². The van der Waals surface area contributed by atoms with E-state index in [4.69, 9.17) is 4.74 Å². The van der Waals surface area contributed by atoms with Crippen LogP contribution < -0.4 is 0 Å². The van der Waals surface area contributed by atoms with Crippen LogP contribution in [-0.4, -0.2) is 34.7 Å². The van der Waals surface area contributed by atoms with Crippen molar-refractivity contribution >= 4 is 23.5 Å². The van der Waals surface area contributed by atoms with Gasteiger partial charge in [-0.2, -0.15) is 0 Å². The molecule has 1 N–H and O–H groups in total.